The van der Waals surface area contributed by atoms with Gasteiger partial charge in [0.05, 0.1) is 13.2 Å². The zero-order valence-corrected chi connectivity index (χ0v) is 13.2. The third-order valence-electron chi connectivity index (χ3n) is 4.12. The van der Waals surface area contributed by atoms with Gasteiger partial charge < -0.3 is 14.4 Å². The van der Waals surface area contributed by atoms with Gasteiger partial charge in [-0.3, -0.25) is 10.1 Å². The van der Waals surface area contributed by atoms with Crippen LogP contribution in [0.2, 0.25) is 0 Å². The number of amides is 1. The van der Waals surface area contributed by atoms with Gasteiger partial charge in [-0.25, -0.2) is 0 Å². The number of rotatable bonds is 8. The van der Waals surface area contributed by atoms with Gasteiger partial charge in [-0.05, 0) is 41.7 Å². The van der Waals surface area contributed by atoms with E-state index in [1.165, 1.54) is 5.56 Å². The molecule has 1 aromatic heterocycles. The highest BCUT2D eigenvalue weighted by atomic mass is 32.1. The number of nitrogens with zero attached hydrogens (tertiary/aromatic N) is 1. The van der Waals surface area contributed by atoms with Crippen molar-refractivity contribution in [1.82, 2.24) is 10.2 Å². The number of hydrogen-bond acceptors (Lipinski definition) is 5. The van der Waals surface area contributed by atoms with Crippen molar-refractivity contribution in [2.45, 2.75) is 31.0 Å². The lowest BCUT2D eigenvalue weighted by Crippen LogP contribution is -2.33. The highest BCUT2D eigenvalue weighted by Gasteiger charge is 2.59. The first kappa shape index (κ1) is 15.0. The summed E-state index contributed by atoms with van der Waals surface area (Å²) in [5.74, 6) is 0.260. The third kappa shape index (κ3) is 3.13. The highest BCUT2D eigenvalue weighted by molar-refractivity contribution is 7.07. The van der Waals surface area contributed by atoms with Crippen molar-refractivity contribution in [2.75, 3.05) is 33.5 Å². The molecule has 6 heteroatoms. The van der Waals surface area contributed by atoms with Gasteiger partial charge in [-0.2, -0.15) is 11.3 Å². The first-order chi connectivity index (χ1) is 10.3. The Bertz CT molecular complexity index is 473. The molecule has 116 valence electrons. The van der Waals surface area contributed by atoms with Crippen LogP contribution in [0.4, 0.5) is 0 Å². The average Bonchev–Trinajstić information content (AvgIpc) is 2.96. The van der Waals surface area contributed by atoms with Crippen molar-refractivity contribution in [1.29, 1.82) is 0 Å². The van der Waals surface area contributed by atoms with Gasteiger partial charge in [0.2, 0.25) is 5.91 Å². The van der Waals surface area contributed by atoms with Crippen molar-refractivity contribution in [3.8, 4) is 0 Å². The molecule has 1 amide bonds. The molecule has 1 aliphatic carbocycles. The maximum atomic E-state index is 12.6. The Morgan fingerprint density at radius 1 is 1.43 bits per heavy atom. The zero-order chi connectivity index (χ0) is 14.7. The van der Waals surface area contributed by atoms with Gasteiger partial charge in [0.1, 0.15) is 11.7 Å². The molecule has 3 rings (SSSR count). The summed E-state index contributed by atoms with van der Waals surface area (Å²) in [5.41, 5.74) is 0.932. The zero-order valence-electron chi connectivity index (χ0n) is 12.3. The van der Waals surface area contributed by atoms with Crippen LogP contribution in [0.25, 0.3) is 0 Å². The van der Waals surface area contributed by atoms with E-state index in [9.17, 15) is 4.79 Å². The molecule has 2 heterocycles. The monoisotopic (exact) mass is 310 g/mol. The van der Waals surface area contributed by atoms with E-state index in [1.54, 1.807) is 18.4 Å². The van der Waals surface area contributed by atoms with E-state index in [1.807, 2.05) is 4.90 Å². The minimum Gasteiger partial charge on any atom is -0.382 e. The van der Waals surface area contributed by atoms with E-state index in [4.69, 9.17) is 9.47 Å². The lowest BCUT2D eigenvalue weighted by molar-refractivity contribution is -0.131. The smallest absolute Gasteiger partial charge is 0.244 e. The molecule has 0 radical (unpaired) electrons. The molecule has 1 saturated heterocycles. The van der Waals surface area contributed by atoms with E-state index in [0.717, 1.165) is 25.8 Å². The molecule has 1 aliphatic heterocycles. The van der Waals surface area contributed by atoms with Crippen LogP contribution in [0, 0.1) is 0 Å². The van der Waals surface area contributed by atoms with Gasteiger partial charge >= 0.3 is 0 Å². The van der Waals surface area contributed by atoms with E-state index in [-0.39, 0.29) is 17.6 Å². The van der Waals surface area contributed by atoms with E-state index in [2.05, 4.69) is 22.1 Å². The first-order valence-corrected chi connectivity index (χ1v) is 8.39. The second kappa shape index (κ2) is 6.44. The Morgan fingerprint density at radius 3 is 2.95 bits per heavy atom. The molecule has 1 atom stereocenters. The van der Waals surface area contributed by atoms with E-state index >= 15 is 0 Å². The fraction of sp³-hybridized carbons (Fsp3) is 0.667. The Kier molecular flexibility index (Phi) is 4.59. The highest BCUT2D eigenvalue weighted by Crippen LogP contribution is 2.46. The SMILES string of the molecule is COCCOCCCN1C(=O)C2(CC2)NC1c1ccsc1. The number of carbonyl (C=O) groups excluding carboxylic acids is 1. The molecule has 2 fully saturated rings. The minimum absolute atomic E-state index is 0.0326. The summed E-state index contributed by atoms with van der Waals surface area (Å²) < 4.78 is 10.4. The van der Waals surface area contributed by atoms with Crippen molar-refractivity contribution < 1.29 is 14.3 Å². The summed E-state index contributed by atoms with van der Waals surface area (Å²) in [7, 11) is 1.67. The number of methoxy groups -OCH3 is 1. The largest absolute Gasteiger partial charge is 0.382 e. The molecule has 1 saturated carbocycles. The van der Waals surface area contributed by atoms with Crippen LogP contribution in [-0.2, 0) is 14.3 Å². The summed E-state index contributed by atoms with van der Waals surface area (Å²) >= 11 is 1.67. The normalized spacial score (nSPS) is 23.2. The lowest BCUT2D eigenvalue weighted by Gasteiger charge is -2.23. The summed E-state index contributed by atoms with van der Waals surface area (Å²) in [4.78, 5) is 14.5. The Hall–Kier alpha value is -0.950. The van der Waals surface area contributed by atoms with Crippen molar-refractivity contribution >= 4 is 17.2 Å². The summed E-state index contributed by atoms with van der Waals surface area (Å²) in [6, 6.07) is 2.10. The minimum atomic E-state index is -0.260. The fourth-order valence-electron chi connectivity index (χ4n) is 2.78. The number of carbonyl (C=O) groups is 1. The Morgan fingerprint density at radius 2 is 2.29 bits per heavy atom. The van der Waals surface area contributed by atoms with Gasteiger partial charge in [-0.1, -0.05) is 0 Å². The van der Waals surface area contributed by atoms with Crippen LogP contribution >= 0.6 is 11.3 Å². The summed E-state index contributed by atoms with van der Waals surface area (Å²) in [6.45, 7) is 2.63. The maximum Gasteiger partial charge on any atom is 0.244 e. The van der Waals surface area contributed by atoms with Crippen molar-refractivity contribution in [3.05, 3.63) is 22.4 Å². The molecule has 2 aliphatic rings. The predicted octanol–water partition coefficient (Wildman–Crippen LogP) is 1.76. The molecule has 5 nitrogen and oxygen atoms in total. The van der Waals surface area contributed by atoms with Gasteiger partial charge in [0.15, 0.2) is 0 Å². The molecular weight excluding hydrogens is 288 g/mol. The predicted molar refractivity (Wildman–Crippen MR) is 81.2 cm³/mol. The molecule has 0 aromatic carbocycles. The topological polar surface area (TPSA) is 50.8 Å². The van der Waals surface area contributed by atoms with E-state index < -0.39 is 0 Å². The summed E-state index contributed by atoms with van der Waals surface area (Å²) in [5, 5.41) is 7.71. The maximum absolute atomic E-state index is 12.6. The fourth-order valence-corrected chi connectivity index (χ4v) is 3.46. The van der Waals surface area contributed by atoms with Crippen LogP contribution in [-0.4, -0.2) is 49.8 Å². The Labute approximate surface area is 129 Å². The lowest BCUT2D eigenvalue weighted by atomic mass is 10.2. The molecule has 1 unspecified atom stereocenters. The molecule has 1 aromatic rings. The van der Waals surface area contributed by atoms with Gasteiger partial charge in [0.25, 0.3) is 0 Å². The second-order valence-electron chi connectivity index (χ2n) is 5.64. The van der Waals surface area contributed by atoms with Crippen LogP contribution in [0.1, 0.15) is 31.0 Å². The Balaban J connectivity index is 1.55. The average molecular weight is 310 g/mol. The number of nitrogens with one attached hydrogen (secondary N) is 1. The van der Waals surface area contributed by atoms with Crippen LogP contribution in [0.15, 0.2) is 16.8 Å². The van der Waals surface area contributed by atoms with Crippen molar-refractivity contribution in [2.24, 2.45) is 0 Å². The molecule has 1 N–H and O–H groups in total. The third-order valence-corrected chi connectivity index (χ3v) is 4.82. The van der Waals surface area contributed by atoms with Gasteiger partial charge in [-0.15, -0.1) is 0 Å². The standard InChI is InChI=1S/C15H22N2O3S/c1-19-8-9-20-7-2-6-17-13(12-3-10-21-11-12)16-15(4-5-15)14(17)18/h3,10-11,13,16H,2,4-9H2,1H3. The van der Waals surface area contributed by atoms with Crippen LogP contribution < -0.4 is 5.32 Å². The molecule has 1 spiro atoms. The quantitative estimate of drug-likeness (QED) is 0.744. The summed E-state index contributed by atoms with van der Waals surface area (Å²) in [6.07, 6.45) is 2.82. The van der Waals surface area contributed by atoms with Crippen LogP contribution in [0.3, 0.4) is 0 Å². The van der Waals surface area contributed by atoms with Crippen molar-refractivity contribution in [3.63, 3.8) is 0 Å². The van der Waals surface area contributed by atoms with Crippen LogP contribution in [0.5, 0.6) is 0 Å². The van der Waals surface area contributed by atoms with E-state index in [0.29, 0.717) is 19.8 Å². The molecule has 0 bridgehead atoms. The number of thiophene rings is 1. The first-order valence-electron chi connectivity index (χ1n) is 7.44. The molecular formula is C15H22N2O3S. The number of ether oxygens (including phenoxy) is 2. The molecule has 21 heavy (non-hydrogen) atoms. The van der Waals surface area contributed by atoms with Gasteiger partial charge in [0, 0.05) is 20.3 Å². The number of hydrogen-bond donors (Lipinski definition) is 1. The second-order valence-corrected chi connectivity index (χ2v) is 6.42.